The van der Waals surface area contributed by atoms with E-state index in [1.165, 1.54) is 77.0 Å². The van der Waals surface area contributed by atoms with Crippen molar-refractivity contribution in [2.45, 2.75) is 77.0 Å². The van der Waals surface area contributed by atoms with Crippen molar-refractivity contribution >= 4 is 0 Å². The molecule has 0 amide bonds. The van der Waals surface area contributed by atoms with Gasteiger partial charge in [-0.05, 0) is 0 Å². The number of nitrogens with zero attached hydrogens (tertiary/aromatic N) is 4. The Hall–Kier alpha value is 1.17. The smallest absolute Gasteiger partial charge is 1.00 e. The predicted octanol–water partition coefficient (Wildman–Crippen LogP) is -3.94. The fourth-order valence-electron chi connectivity index (χ4n) is 2.94. The van der Waals surface area contributed by atoms with E-state index in [4.69, 9.17) is 18.6 Å². The number of rotatable bonds is 0. The second-order valence-corrected chi connectivity index (χ2v) is 8.11. The van der Waals surface area contributed by atoms with Gasteiger partial charge in [0.15, 0.2) is 0 Å². The summed E-state index contributed by atoms with van der Waals surface area (Å²) in [6.45, 7) is 9.00. The van der Waals surface area contributed by atoms with Crippen molar-refractivity contribution < 1.29 is 73.2 Å². The third-order valence-corrected chi connectivity index (χ3v) is 4.53. The Morgan fingerprint density at radius 3 is 0.562 bits per heavy atom. The van der Waals surface area contributed by atoms with Gasteiger partial charge < -0.3 is 46.1 Å². The minimum absolute atomic E-state index is 0. The van der Waals surface area contributed by atoms with Crippen LogP contribution in [-0.2, 0) is 19.5 Å². The van der Waals surface area contributed by atoms with E-state index in [9.17, 15) is 0 Å². The third kappa shape index (κ3) is 44.8. The summed E-state index contributed by atoms with van der Waals surface area (Å²) < 4.78 is 32.7. The van der Waals surface area contributed by atoms with E-state index in [0.717, 1.165) is 52.4 Å². The Morgan fingerprint density at radius 2 is 0.531 bits per heavy atom. The Balaban J connectivity index is -0.000000150. The summed E-state index contributed by atoms with van der Waals surface area (Å²) in [5.41, 5.74) is 0. The van der Waals surface area contributed by atoms with Crippen molar-refractivity contribution in [1.29, 1.82) is 0 Å². The normalized spacial score (nSPS) is 19.9. The second kappa shape index (κ2) is 32.2. The second-order valence-electron chi connectivity index (χ2n) is 7.32. The summed E-state index contributed by atoms with van der Waals surface area (Å²) in [5, 5.41) is 16.7. The quantitative estimate of drug-likeness (QED) is 0.279. The van der Waals surface area contributed by atoms with Crippen molar-refractivity contribution in [3.05, 3.63) is 21.3 Å². The summed E-state index contributed by atoms with van der Waals surface area (Å²) in [7, 11) is -4.69. The van der Waals surface area contributed by atoms with Crippen molar-refractivity contribution in [2.24, 2.45) is 0 Å². The Kier molecular flexibility index (Phi) is 40.6. The molecule has 0 atom stereocenters. The van der Waals surface area contributed by atoms with Crippen LogP contribution in [0.5, 0.6) is 0 Å². The Labute approximate surface area is 223 Å². The van der Waals surface area contributed by atoms with Crippen molar-refractivity contribution in [3.8, 4) is 0 Å². The zero-order chi connectivity index (χ0) is 21.5. The monoisotopic (exact) mass is 609 g/mol. The molecule has 0 aromatic rings. The van der Waals surface area contributed by atoms with E-state index in [-0.39, 0.29) is 44.3 Å². The molecule has 4 heterocycles. The van der Waals surface area contributed by atoms with Crippen LogP contribution in [0.15, 0.2) is 0 Å². The third-order valence-electron chi connectivity index (χ3n) is 4.53. The molecule has 12 heteroatoms. The van der Waals surface area contributed by atoms with Crippen LogP contribution in [0.1, 0.15) is 77.0 Å². The summed E-state index contributed by atoms with van der Waals surface area (Å²) in [5.74, 6) is 0. The maximum absolute atomic E-state index is 8.60. The molecule has 8 nitrogen and oxygen atoms in total. The first-order valence-corrected chi connectivity index (χ1v) is 12.4. The van der Waals surface area contributed by atoms with Crippen LogP contribution in [0, 0.1) is 10.2 Å². The number of halogens is 3. The Bertz CT molecular complexity index is 222. The van der Waals surface area contributed by atoms with Crippen LogP contribution in [0.25, 0.3) is 21.3 Å². The molecule has 4 aliphatic rings. The molecule has 0 spiro atoms. The summed E-state index contributed by atoms with van der Waals surface area (Å²) in [6.07, 6.45) is 16.3. The summed E-state index contributed by atoms with van der Waals surface area (Å²) in [4.78, 5) is 0. The first kappa shape index (κ1) is 40.3. The molecule has 198 valence electrons. The van der Waals surface area contributed by atoms with Crippen LogP contribution in [0.3, 0.4) is 0 Å². The van der Waals surface area contributed by atoms with Gasteiger partial charge in [-0.1, -0.05) is 77.0 Å². The maximum Gasteiger partial charge on any atom is 3.00 e. The van der Waals surface area contributed by atoms with Gasteiger partial charge >= 0.3 is 19.5 Å². The summed E-state index contributed by atoms with van der Waals surface area (Å²) in [6, 6.07) is 0. The molecule has 1 N–H and O–H groups in total. The predicted molar refractivity (Wildman–Crippen MR) is 110 cm³/mol. The molecule has 4 rings (SSSR count). The van der Waals surface area contributed by atoms with Gasteiger partial charge in [-0.3, -0.25) is 0 Å². The van der Waals surface area contributed by atoms with E-state index in [1.54, 1.807) is 0 Å². The van der Waals surface area contributed by atoms with Crippen LogP contribution < -0.4 is 38.8 Å². The topological polar surface area (TPSA) is 146 Å². The van der Waals surface area contributed by atoms with Gasteiger partial charge in [-0.25, -0.2) is 0 Å². The van der Waals surface area contributed by atoms with Crippen LogP contribution in [0.2, 0.25) is 0 Å². The first-order chi connectivity index (χ1) is 14.0. The molecule has 4 saturated heterocycles. The SMILES string of the molecule is C1CC[N-]CC1.C1CC[N-]CC1.C1CC[N-]CC1.C1CC[N-]CC1.[Cl-].[Cl-].[O-][Cl+3]([O-])([O-])O.[Rh+3]. The van der Waals surface area contributed by atoms with Crippen LogP contribution >= 0.6 is 0 Å². The molecular weight excluding hydrogens is 570 g/mol. The molecular formula is C20H41Cl3N4O4Rh-3. The van der Waals surface area contributed by atoms with Crippen LogP contribution in [0.4, 0.5) is 0 Å². The molecule has 32 heavy (non-hydrogen) atoms. The zero-order valence-corrected chi connectivity index (χ0v) is 23.0. The minimum Gasteiger partial charge on any atom is -1.00 e. The molecule has 0 aliphatic carbocycles. The largest absolute Gasteiger partial charge is 3.00 e. The average Bonchev–Trinajstić information content (AvgIpc) is 2.79. The maximum atomic E-state index is 8.60. The molecule has 0 saturated carbocycles. The zero-order valence-electron chi connectivity index (χ0n) is 19.1. The van der Waals surface area contributed by atoms with Crippen molar-refractivity contribution in [3.63, 3.8) is 0 Å². The summed E-state index contributed by atoms with van der Waals surface area (Å²) >= 11 is 0. The minimum atomic E-state index is -4.69. The Morgan fingerprint density at radius 1 is 0.406 bits per heavy atom. The van der Waals surface area contributed by atoms with Gasteiger partial charge in [0.1, 0.15) is 0 Å². The van der Waals surface area contributed by atoms with Gasteiger partial charge in [0.2, 0.25) is 0 Å². The fourth-order valence-corrected chi connectivity index (χ4v) is 2.94. The number of hydrogen-bond donors (Lipinski definition) is 1. The van der Waals surface area contributed by atoms with E-state index >= 15 is 0 Å². The van der Waals surface area contributed by atoms with Crippen LogP contribution in [-0.4, -0.2) is 57.0 Å². The van der Waals surface area contributed by atoms with Gasteiger partial charge in [-0.2, -0.15) is 14.0 Å². The van der Waals surface area contributed by atoms with Gasteiger partial charge in [0, 0.05) is 0 Å². The fraction of sp³-hybridized carbons (Fsp3) is 1.00. The number of piperidine rings is 4. The average molecular weight is 611 g/mol. The number of hydrogen-bond acceptors (Lipinski definition) is 4. The first-order valence-electron chi connectivity index (χ1n) is 11.2. The molecule has 4 aliphatic heterocycles. The van der Waals surface area contributed by atoms with Gasteiger partial charge in [0.25, 0.3) is 0 Å². The van der Waals surface area contributed by atoms with Crippen molar-refractivity contribution in [2.75, 3.05) is 52.4 Å². The van der Waals surface area contributed by atoms with Crippen molar-refractivity contribution in [1.82, 2.24) is 0 Å². The van der Waals surface area contributed by atoms with E-state index in [2.05, 4.69) is 21.3 Å². The molecule has 0 radical (unpaired) electrons. The molecule has 0 unspecified atom stereocenters. The molecule has 0 aromatic heterocycles. The van der Waals surface area contributed by atoms with E-state index in [1.807, 2.05) is 0 Å². The van der Waals surface area contributed by atoms with Gasteiger partial charge in [-0.15, -0.1) is 52.4 Å². The van der Waals surface area contributed by atoms with E-state index < -0.39 is 10.2 Å². The van der Waals surface area contributed by atoms with Gasteiger partial charge in [0.05, 0.1) is 14.9 Å². The standard InChI is InChI=1S/4C5H10N.ClHO4.2ClH.Rh/c4*1-2-4-6-5-3-1;2-1(3,4)5;;;/h4*1-5H2;(H,2,3,4,5);2*1H;/q4*-1;;;;+3/p-2. The molecule has 0 aromatic carbocycles. The molecule has 4 fully saturated rings. The molecule has 0 bridgehead atoms. The van der Waals surface area contributed by atoms with E-state index in [0.29, 0.717) is 0 Å².